The number of pyridine rings is 1. The summed E-state index contributed by atoms with van der Waals surface area (Å²) in [5.41, 5.74) is 2.77. The van der Waals surface area contributed by atoms with Gasteiger partial charge in [-0.3, -0.25) is 4.79 Å². The van der Waals surface area contributed by atoms with E-state index in [0.717, 1.165) is 17.1 Å². The van der Waals surface area contributed by atoms with Gasteiger partial charge in [-0.25, -0.2) is 4.98 Å². The van der Waals surface area contributed by atoms with Crippen LogP contribution in [0.25, 0.3) is 11.4 Å². The molecule has 3 rings (SSSR count). The number of hydrogen-bond acceptors (Lipinski definition) is 4. The smallest absolute Gasteiger partial charge is 0.274 e. The van der Waals surface area contributed by atoms with Gasteiger partial charge in [-0.15, -0.1) is 10.2 Å². The van der Waals surface area contributed by atoms with Gasteiger partial charge in [0.15, 0.2) is 5.82 Å². The number of rotatable bonds is 3. The number of benzene rings is 1. The molecule has 0 fully saturated rings. The zero-order chi connectivity index (χ0) is 15.5. The van der Waals surface area contributed by atoms with Crippen molar-refractivity contribution in [1.82, 2.24) is 19.7 Å². The predicted octanol–water partition coefficient (Wildman–Crippen LogP) is 2.44. The summed E-state index contributed by atoms with van der Waals surface area (Å²) < 4.78 is 1.82. The monoisotopic (exact) mass is 293 g/mol. The quantitative estimate of drug-likeness (QED) is 0.805. The fourth-order valence-electron chi connectivity index (χ4n) is 2.15. The highest BCUT2D eigenvalue weighted by Gasteiger charge is 2.09. The van der Waals surface area contributed by atoms with Gasteiger partial charge >= 0.3 is 0 Å². The topological polar surface area (TPSA) is 72.7 Å². The minimum Gasteiger partial charge on any atom is -0.321 e. The van der Waals surface area contributed by atoms with E-state index in [1.165, 1.54) is 0 Å². The van der Waals surface area contributed by atoms with Crippen LogP contribution in [0.15, 0.2) is 48.8 Å². The molecule has 2 heterocycles. The van der Waals surface area contributed by atoms with Crippen LogP contribution in [-0.4, -0.2) is 25.7 Å². The van der Waals surface area contributed by atoms with Crippen molar-refractivity contribution < 1.29 is 4.79 Å². The number of aryl methyl sites for hydroxylation is 2. The molecule has 22 heavy (non-hydrogen) atoms. The van der Waals surface area contributed by atoms with Crippen molar-refractivity contribution in [2.24, 2.45) is 7.05 Å². The molecule has 0 radical (unpaired) electrons. The van der Waals surface area contributed by atoms with Crippen LogP contribution < -0.4 is 5.32 Å². The molecule has 0 aliphatic heterocycles. The number of aromatic nitrogens is 4. The molecule has 0 saturated heterocycles. The third-order valence-corrected chi connectivity index (χ3v) is 3.21. The summed E-state index contributed by atoms with van der Waals surface area (Å²) in [6.45, 7) is 1.85. The summed E-state index contributed by atoms with van der Waals surface area (Å²) in [6.07, 6.45) is 1.64. The Morgan fingerprint density at radius 2 is 2.00 bits per heavy atom. The Morgan fingerprint density at radius 1 is 1.18 bits per heavy atom. The maximum absolute atomic E-state index is 12.2. The first-order valence-electron chi connectivity index (χ1n) is 6.83. The predicted molar refractivity (Wildman–Crippen MR) is 83.4 cm³/mol. The van der Waals surface area contributed by atoms with Crippen LogP contribution in [0.4, 0.5) is 5.69 Å². The second kappa shape index (κ2) is 5.77. The molecule has 0 bridgehead atoms. The standard InChI is InChI=1S/C16H15N5O/c1-11-5-3-8-14(18-11)16(22)19-13-7-4-6-12(9-13)15-20-17-10-21(15)2/h3-10H,1-2H3,(H,19,22). The number of anilines is 1. The van der Waals surface area contributed by atoms with Crippen LogP contribution in [0, 0.1) is 6.92 Å². The molecule has 2 aromatic heterocycles. The summed E-state index contributed by atoms with van der Waals surface area (Å²) in [4.78, 5) is 16.4. The highest BCUT2D eigenvalue weighted by molar-refractivity contribution is 6.03. The highest BCUT2D eigenvalue weighted by atomic mass is 16.1. The van der Waals surface area contributed by atoms with Crippen molar-refractivity contribution in [3.05, 3.63) is 60.2 Å². The van der Waals surface area contributed by atoms with Gasteiger partial charge in [0, 0.05) is 24.0 Å². The van der Waals surface area contributed by atoms with E-state index in [-0.39, 0.29) is 5.91 Å². The molecule has 0 spiro atoms. The molecular weight excluding hydrogens is 278 g/mol. The molecule has 0 unspecified atom stereocenters. The molecule has 0 aliphatic carbocycles. The molecule has 6 nitrogen and oxygen atoms in total. The number of nitrogens with one attached hydrogen (secondary N) is 1. The number of carbonyl (C=O) groups is 1. The molecule has 3 aromatic rings. The van der Waals surface area contributed by atoms with E-state index >= 15 is 0 Å². The van der Waals surface area contributed by atoms with Crippen LogP contribution in [0.1, 0.15) is 16.2 Å². The summed E-state index contributed by atoms with van der Waals surface area (Å²) in [5, 5.41) is 10.8. The highest BCUT2D eigenvalue weighted by Crippen LogP contribution is 2.20. The number of amides is 1. The fraction of sp³-hybridized carbons (Fsp3) is 0.125. The third kappa shape index (κ3) is 2.85. The number of carbonyl (C=O) groups excluding carboxylic acids is 1. The fourth-order valence-corrected chi connectivity index (χ4v) is 2.15. The van der Waals surface area contributed by atoms with Gasteiger partial charge in [0.1, 0.15) is 12.0 Å². The SMILES string of the molecule is Cc1cccc(C(=O)Nc2cccc(-c3nncn3C)c2)n1. The lowest BCUT2D eigenvalue weighted by Crippen LogP contribution is -2.14. The lowest BCUT2D eigenvalue weighted by molar-refractivity contribution is 0.102. The van der Waals surface area contributed by atoms with E-state index in [4.69, 9.17) is 0 Å². The van der Waals surface area contributed by atoms with E-state index in [2.05, 4.69) is 20.5 Å². The maximum atomic E-state index is 12.2. The van der Waals surface area contributed by atoms with Crippen molar-refractivity contribution in [2.75, 3.05) is 5.32 Å². The molecule has 1 aromatic carbocycles. The van der Waals surface area contributed by atoms with E-state index in [0.29, 0.717) is 11.4 Å². The van der Waals surface area contributed by atoms with Gasteiger partial charge in [-0.05, 0) is 31.2 Å². The number of nitrogens with zero attached hydrogens (tertiary/aromatic N) is 4. The Labute approximate surface area is 127 Å². The lowest BCUT2D eigenvalue weighted by Gasteiger charge is -2.07. The Hall–Kier alpha value is -3.02. The zero-order valence-electron chi connectivity index (χ0n) is 12.3. The molecule has 1 N–H and O–H groups in total. The van der Waals surface area contributed by atoms with Gasteiger partial charge < -0.3 is 9.88 Å². The van der Waals surface area contributed by atoms with Gasteiger partial charge in [0.2, 0.25) is 0 Å². The molecule has 0 aliphatic rings. The zero-order valence-corrected chi connectivity index (χ0v) is 12.3. The van der Waals surface area contributed by atoms with Gasteiger partial charge in [-0.2, -0.15) is 0 Å². The minimum absolute atomic E-state index is 0.237. The molecule has 0 saturated carbocycles. The lowest BCUT2D eigenvalue weighted by atomic mass is 10.2. The minimum atomic E-state index is -0.237. The van der Waals surface area contributed by atoms with Gasteiger partial charge in [0.05, 0.1) is 0 Å². The Kier molecular flexibility index (Phi) is 3.65. The van der Waals surface area contributed by atoms with Crippen LogP contribution in [0.5, 0.6) is 0 Å². The van der Waals surface area contributed by atoms with Crippen molar-refractivity contribution in [1.29, 1.82) is 0 Å². The van der Waals surface area contributed by atoms with Crippen LogP contribution in [-0.2, 0) is 7.05 Å². The van der Waals surface area contributed by atoms with E-state index < -0.39 is 0 Å². The average molecular weight is 293 g/mol. The van der Waals surface area contributed by atoms with Gasteiger partial charge in [-0.1, -0.05) is 18.2 Å². The average Bonchev–Trinajstić information content (AvgIpc) is 2.94. The normalized spacial score (nSPS) is 10.5. The summed E-state index contributed by atoms with van der Waals surface area (Å²) >= 11 is 0. The second-order valence-corrected chi connectivity index (χ2v) is 4.96. The Bertz CT molecular complexity index is 825. The molecule has 6 heteroatoms. The summed E-state index contributed by atoms with van der Waals surface area (Å²) in [6, 6.07) is 12.8. The number of hydrogen-bond donors (Lipinski definition) is 1. The maximum Gasteiger partial charge on any atom is 0.274 e. The van der Waals surface area contributed by atoms with Gasteiger partial charge in [0.25, 0.3) is 5.91 Å². The Balaban J connectivity index is 1.84. The van der Waals surface area contributed by atoms with Crippen LogP contribution >= 0.6 is 0 Å². The third-order valence-electron chi connectivity index (χ3n) is 3.21. The first kappa shape index (κ1) is 13.9. The first-order chi connectivity index (χ1) is 10.6. The van der Waals surface area contributed by atoms with E-state index in [1.54, 1.807) is 12.4 Å². The van der Waals surface area contributed by atoms with E-state index in [9.17, 15) is 4.79 Å². The van der Waals surface area contributed by atoms with Crippen LogP contribution in [0.3, 0.4) is 0 Å². The Morgan fingerprint density at radius 3 is 2.73 bits per heavy atom. The van der Waals surface area contributed by atoms with Crippen molar-refractivity contribution in [3.8, 4) is 11.4 Å². The van der Waals surface area contributed by atoms with Crippen LogP contribution in [0.2, 0.25) is 0 Å². The molecular formula is C16H15N5O. The van der Waals surface area contributed by atoms with E-state index in [1.807, 2.05) is 54.9 Å². The molecule has 110 valence electrons. The first-order valence-corrected chi connectivity index (χ1v) is 6.83. The van der Waals surface area contributed by atoms with Crippen molar-refractivity contribution in [3.63, 3.8) is 0 Å². The van der Waals surface area contributed by atoms with Crippen molar-refractivity contribution in [2.45, 2.75) is 6.92 Å². The van der Waals surface area contributed by atoms with Crippen molar-refractivity contribution >= 4 is 11.6 Å². The summed E-state index contributed by atoms with van der Waals surface area (Å²) in [5.74, 6) is 0.503. The second-order valence-electron chi connectivity index (χ2n) is 4.96. The largest absolute Gasteiger partial charge is 0.321 e. The molecule has 1 amide bonds. The summed E-state index contributed by atoms with van der Waals surface area (Å²) in [7, 11) is 1.87. The molecule has 0 atom stereocenters.